The molecule has 1 heterocycles. The van der Waals surface area contributed by atoms with Gasteiger partial charge in [-0.05, 0) is 50.2 Å². The zero-order valence-corrected chi connectivity index (χ0v) is 12.3. The van der Waals surface area contributed by atoms with Crippen LogP contribution in [0.25, 0.3) is 0 Å². The molecule has 1 aromatic heterocycles. The number of anilines is 1. The lowest BCUT2D eigenvalue weighted by Gasteiger charge is -2.07. The highest BCUT2D eigenvalue weighted by molar-refractivity contribution is 5.92. The van der Waals surface area contributed by atoms with E-state index in [-0.39, 0.29) is 12.5 Å². The third kappa shape index (κ3) is 4.96. The van der Waals surface area contributed by atoms with Gasteiger partial charge in [-0.15, -0.1) is 0 Å². The van der Waals surface area contributed by atoms with Gasteiger partial charge < -0.3 is 19.8 Å². The van der Waals surface area contributed by atoms with Crippen molar-refractivity contribution in [3.05, 3.63) is 47.9 Å². The lowest BCUT2D eigenvalue weighted by Crippen LogP contribution is -2.27. The van der Waals surface area contributed by atoms with Crippen molar-refractivity contribution in [2.45, 2.75) is 20.4 Å². The van der Waals surface area contributed by atoms with Gasteiger partial charge in [0.05, 0.1) is 19.7 Å². The van der Waals surface area contributed by atoms with E-state index in [1.54, 1.807) is 0 Å². The molecule has 0 radical (unpaired) electrons. The van der Waals surface area contributed by atoms with Gasteiger partial charge in [-0.25, -0.2) is 0 Å². The molecule has 0 aliphatic heterocycles. The zero-order chi connectivity index (χ0) is 15.1. The Bertz CT molecular complexity index is 575. The van der Waals surface area contributed by atoms with Crippen molar-refractivity contribution in [2.24, 2.45) is 0 Å². The van der Waals surface area contributed by atoms with Crippen molar-refractivity contribution < 1.29 is 13.9 Å². The second-order valence-electron chi connectivity index (χ2n) is 4.62. The third-order valence-electron chi connectivity index (χ3n) is 2.83. The van der Waals surface area contributed by atoms with Crippen LogP contribution in [0.2, 0.25) is 0 Å². The summed E-state index contributed by atoms with van der Waals surface area (Å²) in [7, 11) is 0. The van der Waals surface area contributed by atoms with Crippen LogP contribution in [0.5, 0.6) is 5.75 Å². The quantitative estimate of drug-likeness (QED) is 0.822. The Morgan fingerprint density at radius 2 is 1.95 bits per heavy atom. The molecule has 1 aromatic carbocycles. The maximum Gasteiger partial charge on any atom is 0.238 e. The minimum absolute atomic E-state index is 0.0950. The van der Waals surface area contributed by atoms with Crippen LogP contribution in [-0.4, -0.2) is 19.1 Å². The van der Waals surface area contributed by atoms with E-state index in [0.717, 1.165) is 23.0 Å². The van der Waals surface area contributed by atoms with Crippen LogP contribution in [0.4, 0.5) is 5.69 Å². The minimum atomic E-state index is -0.0950. The Morgan fingerprint density at radius 1 is 1.19 bits per heavy atom. The molecule has 0 atom stereocenters. The highest BCUT2D eigenvalue weighted by Gasteiger charge is 2.04. The highest BCUT2D eigenvalue weighted by atomic mass is 16.5. The fraction of sp³-hybridized carbons (Fsp3) is 0.312. The number of amides is 1. The molecule has 0 saturated carbocycles. The first-order valence-electron chi connectivity index (χ1n) is 6.96. The molecule has 2 rings (SSSR count). The summed E-state index contributed by atoms with van der Waals surface area (Å²) in [6.07, 6.45) is 0. The topological polar surface area (TPSA) is 63.5 Å². The predicted octanol–water partition coefficient (Wildman–Crippen LogP) is 2.72. The average Bonchev–Trinajstić information content (AvgIpc) is 2.87. The maximum absolute atomic E-state index is 11.8. The molecule has 0 spiro atoms. The number of hydrogen-bond donors (Lipinski definition) is 2. The molecular formula is C16H20N2O3. The number of furan rings is 1. The number of benzene rings is 1. The lowest BCUT2D eigenvalue weighted by atomic mass is 10.3. The van der Waals surface area contributed by atoms with E-state index < -0.39 is 0 Å². The molecule has 0 aliphatic rings. The summed E-state index contributed by atoms with van der Waals surface area (Å²) >= 11 is 0. The molecule has 2 N–H and O–H groups in total. The van der Waals surface area contributed by atoms with E-state index in [1.807, 2.05) is 50.2 Å². The van der Waals surface area contributed by atoms with Crippen molar-refractivity contribution in [2.75, 3.05) is 18.5 Å². The minimum Gasteiger partial charge on any atom is -0.494 e. The zero-order valence-electron chi connectivity index (χ0n) is 12.3. The lowest BCUT2D eigenvalue weighted by molar-refractivity contribution is -0.115. The van der Waals surface area contributed by atoms with Gasteiger partial charge in [-0.2, -0.15) is 0 Å². The second-order valence-corrected chi connectivity index (χ2v) is 4.62. The first kappa shape index (κ1) is 15.1. The smallest absolute Gasteiger partial charge is 0.238 e. The largest absolute Gasteiger partial charge is 0.494 e. The summed E-state index contributed by atoms with van der Waals surface area (Å²) in [4.78, 5) is 11.8. The number of carbonyl (C=O) groups excluding carboxylic acids is 1. The molecule has 0 unspecified atom stereocenters. The average molecular weight is 288 g/mol. The summed E-state index contributed by atoms with van der Waals surface area (Å²) in [5, 5.41) is 5.85. The van der Waals surface area contributed by atoms with Crippen molar-refractivity contribution in [1.82, 2.24) is 5.32 Å². The van der Waals surface area contributed by atoms with Crippen molar-refractivity contribution >= 4 is 11.6 Å². The summed E-state index contributed by atoms with van der Waals surface area (Å²) in [5.41, 5.74) is 0.749. The van der Waals surface area contributed by atoms with Gasteiger partial charge in [0.15, 0.2) is 0 Å². The Kier molecular flexibility index (Phi) is 5.40. The summed E-state index contributed by atoms with van der Waals surface area (Å²) < 4.78 is 10.8. The fourth-order valence-electron chi connectivity index (χ4n) is 1.89. The Hall–Kier alpha value is -2.27. The molecule has 0 aliphatic carbocycles. The van der Waals surface area contributed by atoms with Gasteiger partial charge in [0, 0.05) is 5.69 Å². The van der Waals surface area contributed by atoms with E-state index in [2.05, 4.69) is 10.6 Å². The van der Waals surface area contributed by atoms with Crippen molar-refractivity contribution in [3.63, 3.8) is 0 Å². The fourth-order valence-corrected chi connectivity index (χ4v) is 1.89. The van der Waals surface area contributed by atoms with Crippen LogP contribution in [0.3, 0.4) is 0 Å². The molecule has 21 heavy (non-hydrogen) atoms. The predicted molar refractivity (Wildman–Crippen MR) is 81.4 cm³/mol. The standard InChI is InChI=1S/C16H20N2O3/c1-3-20-14-8-5-13(6-9-14)18-16(19)11-17-10-15-7-4-12(2)21-15/h4-9,17H,3,10-11H2,1-2H3,(H,18,19). The first-order valence-corrected chi connectivity index (χ1v) is 6.96. The first-order chi connectivity index (χ1) is 10.2. The van der Waals surface area contributed by atoms with Gasteiger partial charge in [-0.1, -0.05) is 0 Å². The van der Waals surface area contributed by atoms with Crippen LogP contribution in [0.15, 0.2) is 40.8 Å². The number of rotatable bonds is 7. The van der Waals surface area contributed by atoms with E-state index in [0.29, 0.717) is 13.2 Å². The molecule has 5 heteroatoms. The van der Waals surface area contributed by atoms with Gasteiger partial charge in [0.1, 0.15) is 17.3 Å². The molecule has 0 bridgehead atoms. The number of nitrogens with one attached hydrogen (secondary N) is 2. The van der Waals surface area contributed by atoms with Gasteiger partial charge >= 0.3 is 0 Å². The van der Waals surface area contributed by atoms with Crippen LogP contribution in [0.1, 0.15) is 18.4 Å². The van der Waals surface area contributed by atoms with Crippen molar-refractivity contribution in [3.8, 4) is 5.75 Å². The summed E-state index contributed by atoms with van der Waals surface area (Å²) in [5.74, 6) is 2.39. The Labute approximate surface area is 124 Å². The van der Waals surface area contributed by atoms with Crippen LogP contribution in [-0.2, 0) is 11.3 Å². The number of ether oxygens (including phenoxy) is 1. The molecule has 0 saturated heterocycles. The van der Waals surface area contributed by atoms with Crippen LogP contribution < -0.4 is 15.4 Å². The SMILES string of the molecule is CCOc1ccc(NC(=O)CNCc2ccc(C)o2)cc1. The number of aryl methyl sites for hydroxylation is 1. The molecule has 0 fully saturated rings. The van der Waals surface area contributed by atoms with Gasteiger partial charge in [0.2, 0.25) is 5.91 Å². The molecule has 1 amide bonds. The maximum atomic E-state index is 11.8. The number of carbonyl (C=O) groups is 1. The van der Waals surface area contributed by atoms with E-state index in [1.165, 1.54) is 0 Å². The third-order valence-corrected chi connectivity index (χ3v) is 2.83. The van der Waals surface area contributed by atoms with Gasteiger partial charge in [-0.3, -0.25) is 4.79 Å². The normalized spacial score (nSPS) is 10.4. The van der Waals surface area contributed by atoms with E-state index in [4.69, 9.17) is 9.15 Å². The summed E-state index contributed by atoms with van der Waals surface area (Å²) in [6.45, 7) is 5.21. The monoisotopic (exact) mass is 288 g/mol. The van der Waals surface area contributed by atoms with Crippen LogP contribution in [0, 0.1) is 6.92 Å². The molecule has 5 nitrogen and oxygen atoms in total. The molecule has 2 aromatic rings. The Morgan fingerprint density at radius 3 is 2.57 bits per heavy atom. The second kappa shape index (κ2) is 7.50. The number of hydrogen-bond acceptors (Lipinski definition) is 4. The van der Waals surface area contributed by atoms with E-state index >= 15 is 0 Å². The van der Waals surface area contributed by atoms with Gasteiger partial charge in [0.25, 0.3) is 0 Å². The summed E-state index contributed by atoms with van der Waals surface area (Å²) in [6, 6.07) is 11.1. The molecular weight excluding hydrogens is 268 g/mol. The van der Waals surface area contributed by atoms with E-state index in [9.17, 15) is 4.79 Å². The highest BCUT2D eigenvalue weighted by Crippen LogP contribution is 2.15. The molecule has 112 valence electrons. The van der Waals surface area contributed by atoms with Crippen molar-refractivity contribution in [1.29, 1.82) is 0 Å². The van der Waals surface area contributed by atoms with Crippen LogP contribution >= 0.6 is 0 Å². The Balaban J connectivity index is 1.73.